The SMILES string of the molecule is CC1(S(=O)(=O)NC(=O)C23CCC2C=CCCCCCC(NC(=O)NC2CCCCC2)C(=O)N2CC4(CCc5c(c(-c6cccc(F)c6)nc6ccccc56)O4)CC2C(=O)N3)CC1. The fraction of sp³-hybridized carbons (Fsp3) is 0.553. The first-order valence-corrected chi connectivity index (χ1v) is 24.1. The highest BCUT2D eigenvalue weighted by molar-refractivity contribution is 7.91. The number of halogens is 1. The number of fused-ring (bicyclic) bond motifs is 5. The number of urea groups is 1. The van der Waals surface area contributed by atoms with Crippen molar-refractivity contribution in [3.05, 3.63) is 72.1 Å². The zero-order valence-corrected chi connectivity index (χ0v) is 36.2. The average molecular weight is 869 g/mol. The van der Waals surface area contributed by atoms with Gasteiger partial charge in [-0.2, -0.15) is 0 Å². The molecule has 5 atom stereocenters. The Morgan fingerprint density at radius 3 is 2.45 bits per heavy atom. The van der Waals surface area contributed by atoms with Crippen molar-refractivity contribution in [1.82, 2.24) is 30.6 Å². The van der Waals surface area contributed by atoms with Gasteiger partial charge in [-0.05, 0) is 95.8 Å². The van der Waals surface area contributed by atoms with Gasteiger partial charge in [-0.1, -0.05) is 74.6 Å². The van der Waals surface area contributed by atoms with Crippen LogP contribution in [0.1, 0.15) is 115 Å². The molecule has 4 N–H and O–H groups in total. The van der Waals surface area contributed by atoms with Crippen LogP contribution in [0, 0.1) is 11.7 Å². The van der Waals surface area contributed by atoms with Gasteiger partial charge in [0, 0.05) is 34.9 Å². The van der Waals surface area contributed by atoms with Crippen LogP contribution < -0.4 is 25.4 Å². The maximum atomic E-state index is 15.1. The minimum atomic E-state index is -4.03. The molecule has 5 amide bonds. The molecule has 1 saturated heterocycles. The van der Waals surface area contributed by atoms with Crippen molar-refractivity contribution in [3.8, 4) is 17.0 Å². The van der Waals surface area contributed by atoms with E-state index in [1.54, 1.807) is 19.1 Å². The first-order valence-electron chi connectivity index (χ1n) is 22.6. The van der Waals surface area contributed by atoms with Crippen molar-refractivity contribution in [2.75, 3.05) is 6.54 Å². The third kappa shape index (κ3) is 8.05. The summed E-state index contributed by atoms with van der Waals surface area (Å²) in [5.41, 5.74) is -0.0844. The molecule has 1 aromatic heterocycles. The van der Waals surface area contributed by atoms with Gasteiger partial charge in [0.05, 0.1) is 16.8 Å². The largest absolute Gasteiger partial charge is 0.483 e. The Labute approximate surface area is 362 Å². The number of aryl methyl sites for hydroxylation is 1. The number of aromatic nitrogens is 1. The van der Waals surface area contributed by atoms with Gasteiger partial charge < -0.3 is 25.6 Å². The fourth-order valence-corrected chi connectivity index (χ4v) is 11.6. The number of carbonyl (C=O) groups is 4. The molecule has 330 valence electrons. The van der Waals surface area contributed by atoms with E-state index in [1.807, 2.05) is 36.4 Å². The van der Waals surface area contributed by atoms with Crippen molar-refractivity contribution in [2.24, 2.45) is 5.92 Å². The standard InChI is InChI=1S/C47H57FN6O7S/c1-45(25-26-45)62(59,60)53-43(57)47-24-21-31(47)14-6-3-2-4-9-20-37(51-44(58)49-33-16-7-5-8-17-33)42(56)54-29-46(28-38(54)41(55)52-47)23-22-35-34-18-10-11-19-36(34)50-39(40(35)61-46)30-13-12-15-32(48)27-30/h6,10-15,18-19,27,31,33,37-38H,2-5,7-9,16-17,20-26,28-29H2,1H3,(H,52,55)(H,53,57)(H2,49,51,58). The Hall–Kier alpha value is -5.05. The molecule has 4 fully saturated rings. The molecule has 3 saturated carbocycles. The first kappa shape index (κ1) is 42.3. The van der Waals surface area contributed by atoms with Gasteiger partial charge >= 0.3 is 6.03 Å². The molecule has 3 aliphatic heterocycles. The van der Waals surface area contributed by atoms with Gasteiger partial charge in [0.15, 0.2) is 0 Å². The number of para-hydroxylation sites is 1. The third-order valence-electron chi connectivity index (χ3n) is 14.5. The van der Waals surface area contributed by atoms with Crippen LogP contribution in [-0.2, 0) is 30.8 Å². The van der Waals surface area contributed by atoms with Crippen LogP contribution in [0.4, 0.5) is 9.18 Å². The summed E-state index contributed by atoms with van der Waals surface area (Å²) in [7, 11) is -4.03. The molecular weight excluding hydrogens is 812 g/mol. The lowest BCUT2D eigenvalue weighted by Gasteiger charge is -2.48. The van der Waals surface area contributed by atoms with E-state index in [0.717, 1.165) is 61.4 Å². The summed E-state index contributed by atoms with van der Waals surface area (Å²) < 4.78 is 50.0. The summed E-state index contributed by atoms with van der Waals surface area (Å²) in [5, 5.41) is 10.0. The summed E-state index contributed by atoms with van der Waals surface area (Å²) in [5.74, 6) is -2.26. The summed E-state index contributed by atoms with van der Waals surface area (Å²) in [6.07, 6.45) is 14.7. The molecule has 5 unspecified atom stereocenters. The molecule has 6 aliphatic rings. The van der Waals surface area contributed by atoms with Crippen LogP contribution in [0.2, 0.25) is 0 Å². The van der Waals surface area contributed by atoms with E-state index in [1.165, 1.54) is 17.0 Å². The number of amides is 5. The van der Waals surface area contributed by atoms with Gasteiger partial charge in [0.25, 0.3) is 5.91 Å². The zero-order valence-electron chi connectivity index (χ0n) is 35.3. The lowest BCUT2D eigenvalue weighted by molar-refractivity contribution is -0.144. The van der Waals surface area contributed by atoms with E-state index in [4.69, 9.17) is 9.72 Å². The van der Waals surface area contributed by atoms with E-state index >= 15 is 9.59 Å². The number of rotatable bonds is 6. The van der Waals surface area contributed by atoms with Crippen LogP contribution in [-0.4, -0.2) is 82.6 Å². The quantitative estimate of drug-likeness (QED) is 0.204. The second kappa shape index (κ2) is 16.6. The summed E-state index contributed by atoms with van der Waals surface area (Å²) in [4.78, 5) is 64.5. The molecule has 2 aromatic carbocycles. The number of sulfonamides is 1. The Morgan fingerprint density at radius 1 is 0.919 bits per heavy atom. The number of carbonyl (C=O) groups excluding carboxylic acids is 4. The summed E-state index contributed by atoms with van der Waals surface area (Å²) in [6.45, 7) is 1.60. The number of hydrogen-bond acceptors (Lipinski definition) is 8. The van der Waals surface area contributed by atoms with E-state index in [-0.39, 0.29) is 25.4 Å². The average Bonchev–Trinajstić information content (AvgIpc) is 3.92. The lowest BCUT2D eigenvalue weighted by Crippen LogP contribution is -2.70. The number of allylic oxidation sites excluding steroid dienone is 1. The normalized spacial score (nSPS) is 28.8. The maximum absolute atomic E-state index is 15.1. The molecule has 9 rings (SSSR count). The topological polar surface area (TPSA) is 176 Å². The molecule has 13 nitrogen and oxygen atoms in total. The van der Waals surface area contributed by atoms with Crippen molar-refractivity contribution in [2.45, 2.75) is 150 Å². The highest BCUT2D eigenvalue weighted by Crippen LogP contribution is 2.49. The van der Waals surface area contributed by atoms with Crippen molar-refractivity contribution >= 4 is 44.7 Å². The van der Waals surface area contributed by atoms with Crippen molar-refractivity contribution in [3.63, 3.8) is 0 Å². The molecule has 4 heterocycles. The highest BCUT2D eigenvalue weighted by atomic mass is 32.2. The predicted octanol–water partition coefficient (Wildman–Crippen LogP) is 6.49. The van der Waals surface area contributed by atoms with E-state index < -0.39 is 73.5 Å². The van der Waals surface area contributed by atoms with E-state index in [9.17, 15) is 22.4 Å². The van der Waals surface area contributed by atoms with Gasteiger partial charge in [-0.3, -0.25) is 19.1 Å². The Balaban J connectivity index is 1.08. The van der Waals surface area contributed by atoms with Gasteiger partial charge in [-0.15, -0.1) is 0 Å². The molecular formula is C47H57FN6O7S. The number of nitrogens with zero attached hydrogens (tertiary/aromatic N) is 2. The van der Waals surface area contributed by atoms with E-state index in [2.05, 4.69) is 20.7 Å². The second-order valence-electron chi connectivity index (χ2n) is 18.8. The molecule has 15 heteroatoms. The monoisotopic (exact) mass is 868 g/mol. The third-order valence-corrected chi connectivity index (χ3v) is 16.7. The fourth-order valence-electron chi connectivity index (χ4n) is 10.3. The van der Waals surface area contributed by atoms with Crippen LogP contribution in [0.5, 0.6) is 5.75 Å². The van der Waals surface area contributed by atoms with Gasteiger partial charge in [-0.25, -0.2) is 22.6 Å². The smallest absolute Gasteiger partial charge is 0.315 e. The molecule has 3 aliphatic carbocycles. The van der Waals surface area contributed by atoms with Crippen molar-refractivity contribution in [1.29, 1.82) is 0 Å². The molecule has 62 heavy (non-hydrogen) atoms. The Kier molecular flexibility index (Phi) is 11.3. The van der Waals surface area contributed by atoms with Crippen LogP contribution in [0.25, 0.3) is 22.2 Å². The maximum Gasteiger partial charge on any atom is 0.315 e. The number of ether oxygens (including phenoxy) is 1. The first-order chi connectivity index (χ1) is 29.8. The van der Waals surface area contributed by atoms with Gasteiger partial charge in [0.2, 0.25) is 21.8 Å². The number of hydrogen-bond donors (Lipinski definition) is 4. The Morgan fingerprint density at radius 2 is 1.69 bits per heavy atom. The molecule has 0 bridgehead atoms. The molecule has 1 spiro atoms. The number of benzene rings is 2. The van der Waals surface area contributed by atoms with Gasteiger partial charge in [0.1, 0.15) is 40.5 Å². The second-order valence-corrected chi connectivity index (χ2v) is 21.0. The molecule has 0 radical (unpaired) electrons. The van der Waals surface area contributed by atoms with Crippen LogP contribution in [0.15, 0.2) is 60.7 Å². The predicted molar refractivity (Wildman–Crippen MR) is 232 cm³/mol. The number of nitrogens with one attached hydrogen (secondary N) is 4. The summed E-state index contributed by atoms with van der Waals surface area (Å²) in [6, 6.07) is 11.3. The lowest BCUT2D eigenvalue weighted by atomic mass is 9.65. The van der Waals surface area contributed by atoms with Crippen LogP contribution in [0.3, 0.4) is 0 Å². The minimum Gasteiger partial charge on any atom is -0.483 e. The Bertz CT molecular complexity index is 2420. The minimum absolute atomic E-state index is 0.00351. The van der Waals surface area contributed by atoms with E-state index in [0.29, 0.717) is 68.4 Å². The van der Waals surface area contributed by atoms with Crippen molar-refractivity contribution < 1.29 is 36.7 Å². The molecule has 3 aromatic rings. The highest BCUT2D eigenvalue weighted by Gasteiger charge is 2.59. The van der Waals surface area contributed by atoms with Crippen LogP contribution >= 0.6 is 0 Å². The number of pyridine rings is 1. The zero-order chi connectivity index (χ0) is 43.3. The summed E-state index contributed by atoms with van der Waals surface area (Å²) >= 11 is 0.